The predicted molar refractivity (Wildman–Crippen MR) is 99.3 cm³/mol. The molecular formula is C21H25N3O. The number of benzene rings is 2. The Kier molecular flexibility index (Phi) is 5.29. The fraction of sp³-hybridized carbons (Fsp3) is 0.333. The Morgan fingerprint density at radius 3 is 2.48 bits per heavy atom. The van der Waals surface area contributed by atoms with Gasteiger partial charge < -0.3 is 4.52 Å². The van der Waals surface area contributed by atoms with Crippen LogP contribution in [0.4, 0.5) is 0 Å². The van der Waals surface area contributed by atoms with Crippen molar-refractivity contribution in [2.45, 2.75) is 39.8 Å². The minimum absolute atomic E-state index is 0.291. The Labute approximate surface area is 149 Å². The van der Waals surface area contributed by atoms with Crippen LogP contribution in [-0.2, 0) is 13.0 Å². The maximum absolute atomic E-state index is 5.44. The summed E-state index contributed by atoms with van der Waals surface area (Å²) in [5.74, 6) is 1.39. The van der Waals surface area contributed by atoms with Gasteiger partial charge in [-0.15, -0.1) is 0 Å². The minimum Gasteiger partial charge on any atom is -0.339 e. The van der Waals surface area contributed by atoms with Gasteiger partial charge >= 0.3 is 0 Å². The monoisotopic (exact) mass is 335 g/mol. The Balaban J connectivity index is 1.64. The van der Waals surface area contributed by atoms with Gasteiger partial charge in [0, 0.05) is 6.04 Å². The zero-order chi connectivity index (χ0) is 17.8. The zero-order valence-corrected chi connectivity index (χ0v) is 15.4. The summed E-state index contributed by atoms with van der Waals surface area (Å²) in [7, 11) is 2.09. The van der Waals surface area contributed by atoms with Crippen LogP contribution in [0.2, 0.25) is 0 Å². The molecule has 1 unspecified atom stereocenters. The second-order valence-corrected chi connectivity index (χ2v) is 6.71. The van der Waals surface area contributed by atoms with Crippen LogP contribution in [0.1, 0.15) is 46.9 Å². The van der Waals surface area contributed by atoms with Gasteiger partial charge in [-0.3, -0.25) is 4.90 Å². The molecular weight excluding hydrogens is 310 g/mol. The molecule has 2 aromatic carbocycles. The summed E-state index contributed by atoms with van der Waals surface area (Å²) in [5.41, 5.74) is 5.03. The van der Waals surface area contributed by atoms with E-state index in [4.69, 9.17) is 4.52 Å². The standard InChI is InChI=1S/C21H25N3O/c1-15-9-11-18(12-10-15)17(3)24(4)14-20-22-21(25-23-20)13-19-8-6-5-7-16(19)2/h5-12,17H,13-14H2,1-4H3. The quantitative estimate of drug-likeness (QED) is 0.666. The van der Waals surface area contributed by atoms with E-state index in [1.807, 2.05) is 12.1 Å². The van der Waals surface area contributed by atoms with Crippen molar-refractivity contribution >= 4 is 0 Å². The summed E-state index contributed by atoms with van der Waals surface area (Å²) in [6.07, 6.45) is 0.677. The van der Waals surface area contributed by atoms with Crippen molar-refractivity contribution in [1.82, 2.24) is 15.0 Å². The molecule has 0 aliphatic carbocycles. The van der Waals surface area contributed by atoms with Crippen LogP contribution in [0.25, 0.3) is 0 Å². The van der Waals surface area contributed by atoms with Crippen molar-refractivity contribution in [3.05, 3.63) is 82.5 Å². The van der Waals surface area contributed by atoms with Gasteiger partial charge in [0.25, 0.3) is 0 Å². The van der Waals surface area contributed by atoms with Crippen LogP contribution in [-0.4, -0.2) is 22.1 Å². The molecule has 4 heteroatoms. The van der Waals surface area contributed by atoms with Gasteiger partial charge in [0.15, 0.2) is 5.82 Å². The first-order chi connectivity index (χ1) is 12.0. The molecule has 0 saturated heterocycles. The number of nitrogens with zero attached hydrogens (tertiary/aromatic N) is 3. The van der Waals surface area contributed by atoms with Gasteiger partial charge in [-0.25, -0.2) is 0 Å². The summed E-state index contributed by atoms with van der Waals surface area (Å²) in [4.78, 5) is 6.79. The summed E-state index contributed by atoms with van der Waals surface area (Å²) in [6, 6.07) is 17.2. The Morgan fingerprint density at radius 2 is 1.76 bits per heavy atom. The summed E-state index contributed by atoms with van der Waals surface area (Å²) >= 11 is 0. The summed E-state index contributed by atoms with van der Waals surface area (Å²) < 4.78 is 5.44. The largest absolute Gasteiger partial charge is 0.339 e. The number of hydrogen-bond donors (Lipinski definition) is 0. The van der Waals surface area contributed by atoms with E-state index in [-0.39, 0.29) is 0 Å². The van der Waals surface area contributed by atoms with Crippen molar-refractivity contribution in [1.29, 1.82) is 0 Å². The molecule has 4 nitrogen and oxygen atoms in total. The first-order valence-corrected chi connectivity index (χ1v) is 8.65. The van der Waals surface area contributed by atoms with E-state index in [0.29, 0.717) is 24.9 Å². The number of aromatic nitrogens is 2. The van der Waals surface area contributed by atoms with E-state index in [1.165, 1.54) is 22.3 Å². The van der Waals surface area contributed by atoms with Crippen LogP contribution in [0.5, 0.6) is 0 Å². The molecule has 25 heavy (non-hydrogen) atoms. The molecule has 1 aromatic heterocycles. The minimum atomic E-state index is 0.291. The third-order valence-corrected chi connectivity index (χ3v) is 4.72. The normalized spacial score (nSPS) is 12.5. The Morgan fingerprint density at radius 1 is 1.04 bits per heavy atom. The molecule has 0 fully saturated rings. The van der Waals surface area contributed by atoms with E-state index < -0.39 is 0 Å². The number of hydrogen-bond acceptors (Lipinski definition) is 4. The first-order valence-electron chi connectivity index (χ1n) is 8.65. The molecule has 1 heterocycles. The van der Waals surface area contributed by atoms with Crippen LogP contribution in [0.3, 0.4) is 0 Å². The highest BCUT2D eigenvalue weighted by molar-refractivity contribution is 5.27. The lowest BCUT2D eigenvalue weighted by Gasteiger charge is -2.23. The highest BCUT2D eigenvalue weighted by Crippen LogP contribution is 2.21. The summed E-state index contributed by atoms with van der Waals surface area (Å²) in [6.45, 7) is 7.06. The second-order valence-electron chi connectivity index (χ2n) is 6.71. The van der Waals surface area contributed by atoms with Crippen LogP contribution >= 0.6 is 0 Å². The predicted octanol–water partition coefficient (Wildman–Crippen LogP) is 4.47. The molecule has 0 aliphatic rings. The van der Waals surface area contributed by atoms with Crippen LogP contribution in [0, 0.1) is 13.8 Å². The molecule has 0 spiro atoms. The van der Waals surface area contributed by atoms with Crippen LogP contribution < -0.4 is 0 Å². The van der Waals surface area contributed by atoms with E-state index in [1.54, 1.807) is 0 Å². The van der Waals surface area contributed by atoms with Crippen molar-refractivity contribution in [3.63, 3.8) is 0 Å². The van der Waals surface area contributed by atoms with Crippen molar-refractivity contribution in [2.24, 2.45) is 0 Å². The fourth-order valence-electron chi connectivity index (χ4n) is 2.86. The molecule has 0 N–H and O–H groups in total. The highest BCUT2D eigenvalue weighted by atomic mass is 16.5. The highest BCUT2D eigenvalue weighted by Gasteiger charge is 2.15. The SMILES string of the molecule is Cc1ccc(C(C)N(C)Cc2noc(Cc3ccccc3C)n2)cc1. The van der Waals surface area contributed by atoms with Crippen LogP contribution in [0.15, 0.2) is 53.1 Å². The average Bonchev–Trinajstić information content (AvgIpc) is 3.04. The van der Waals surface area contributed by atoms with E-state index in [0.717, 1.165) is 5.82 Å². The molecule has 3 rings (SSSR count). The lowest BCUT2D eigenvalue weighted by atomic mass is 10.1. The van der Waals surface area contributed by atoms with Gasteiger partial charge in [-0.1, -0.05) is 59.3 Å². The Hall–Kier alpha value is -2.46. The second kappa shape index (κ2) is 7.62. The lowest BCUT2D eigenvalue weighted by molar-refractivity contribution is 0.242. The maximum Gasteiger partial charge on any atom is 0.231 e. The molecule has 0 bridgehead atoms. The molecule has 1 atom stereocenters. The van der Waals surface area contributed by atoms with Gasteiger partial charge in [-0.2, -0.15) is 4.98 Å². The number of aryl methyl sites for hydroxylation is 2. The molecule has 0 aliphatic heterocycles. The Bertz CT molecular complexity index is 823. The van der Waals surface area contributed by atoms with E-state index in [9.17, 15) is 0 Å². The summed E-state index contributed by atoms with van der Waals surface area (Å²) in [5, 5.41) is 4.14. The average molecular weight is 335 g/mol. The lowest BCUT2D eigenvalue weighted by Crippen LogP contribution is -2.22. The van der Waals surface area contributed by atoms with E-state index in [2.05, 4.69) is 79.3 Å². The van der Waals surface area contributed by atoms with Crippen molar-refractivity contribution in [3.8, 4) is 0 Å². The molecule has 0 radical (unpaired) electrons. The third kappa shape index (κ3) is 4.34. The maximum atomic E-state index is 5.44. The third-order valence-electron chi connectivity index (χ3n) is 4.72. The topological polar surface area (TPSA) is 42.2 Å². The van der Waals surface area contributed by atoms with Gasteiger partial charge in [-0.05, 0) is 44.5 Å². The van der Waals surface area contributed by atoms with Crippen molar-refractivity contribution in [2.75, 3.05) is 7.05 Å². The van der Waals surface area contributed by atoms with E-state index >= 15 is 0 Å². The molecule has 0 amide bonds. The first kappa shape index (κ1) is 17.4. The van der Waals surface area contributed by atoms with Gasteiger partial charge in [0.2, 0.25) is 5.89 Å². The zero-order valence-electron chi connectivity index (χ0n) is 15.4. The molecule has 130 valence electrons. The van der Waals surface area contributed by atoms with Crippen molar-refractivity contribution < 1.29 is 4.52 Å². The molecule has 0 saturated carbocycles. The van der Waals surface area contributed by atoms with Gasteiger partial charge in [0.05, 0.1) is 13.0 Å². The smallest absolute Gasteiger partial charge is 0.231 e. The fourth-order valence-corrected chi connectivity index (χ4v) is 2.86. The molecule has 3 aromatic rings. The number of rotatable bonds is 6. The van der Waals surface area contributed by atoms with Gasteiger partial charge in [0.1, 0.15) is 0 Å².